The molecule has 2 fully saturated rings. The number of amidine groups is 1. The van der Waals surface area contributed by atoms with Crippen molar-refractivity contribution in [1.82, 2.24) is 14.6 Å². The van der Waals surface area contributed by atoms with Gasteiger partial charge in [-0.3, -0.25) is 9.79 Å². The van der Waals surface area contributed by atoms with E-state index in [-0.39, 0.29) is 43.0 Å². The first-order valence-electron chi connectivity index (χ1n) is 12.8. The van der Waals surface area contributed by atoms with Crippen molar-refractivity contribution >= 4 is 50.7 Å². The standard InChI is InChI=1S/C26H27ClF2N4O6S2/c1-26(25(35)36)11-14(12-26)41(37,38)33-8-5-13(6-9-33)20-17(24(34)39-2)21(15-3-4-16(28)19(29)18(15)27)32-22(31-20)23-30-7-10-40-23/h3-4,7,10,13-14,21H,5-6,8-9,11-12H2,1-2H3,(H,31,32)(H,35,36)/t14-,21-,26-/m1/s1. The smallest absolute Gasteiger partial charge is 0.338 e. The van der Waals surface area contributed by atoms with Crippen molar-refractivity contribution in [1.29, 1.82) is 0 Å². The van der Waals surface area contributed by atoms with Crippen LogP contribution in [0.5, 0.6) is 0 Å². The molecule has 1 saturated carbocycles. The molecule has 1 aromatic heterocycles. The van der Waals surface area contributed by atoms with Crippen LogP contribution in [0.15, 0.2) is 40.0 Å². The number of methoxy groups -OCH3 is 1. The van der Waals surface area contributed by atoms with Crippen LogP contribution in [0, 0.1) is 23.0 Å². The number of ether oxygens (including phenoxy) is 1. The number of benzene rings is 1. The number of carboxylic acids is 1. The van der Waals surface area contributed by atoms with Gasteiger partial charge in [0.15, 0.2) is 22.5 Å². The van der Waals surface area contributed by atoms with Crippen LogP contribution in [0.1, 0.15) is 49.2 Å². The summed E-state index contributed by atoms with van der Waals surface area (Å²) in [7, 11) is -2.53. The number of aliphatic imine (C=N–C) groups is 1. The normalized spacial score (nSPS) is 25.7. The molecule has 10 nitrogen and oxygen atoms in total. The van der Waals surface area contributed by atoms with Crippen molar-refractivity contribution < 1.29 is 36.6 Å². The molecule has 0 bridgehead atoms. The summed E-state index contributed by atoms with van der Waals surface area (Å²) in [6.07, 6.45) is 2.33. The van der Waals surface area contributed by atoms with Crippen molar-refractivity contribution in [3.05, 3.63) is 62.2 Å². The van der Waals surface area contributed by atoms with Gasteiger partial charge in [0.1, 0.15) is 6.04 Å². The van der Waals surface area contributed by atoms with Gasteiger partial charge in [0.2, 0.25) is 10.0 Å². The van der Waals surface area contributed by atoms with Crippen LogP contribution >= 0.6 is 22.9 Å². The number of carbonyl (C=O) groups excluding carboxylic acids is 1. The van der Waals surface area contributed by atoms with E-state index in [0.29, 0.717) is 29.4 Å². The van der Waals surface area contributed by atoms with Gasteiger partial charge in [-0.1, -0.05) is 17.7 Å². The average molecular weight is 629 g/mol. The largest absolute Gasteiger partial charge is 0.481 e. The fourth-order valence-corrected chi connectivity index (χ4v) is 8.73. The maximum atomic E-state index is 14.5. The highest BCUT2D eigenvalue weighted by atomic mass is 35.5. The summed E-state index contributed by atoms with van der Waals surface area (Å²) in [6.45, 7) is 1.83. The van der Waals surface area contributed by atoms with Crippen molar-refractivity contribution in [2.45, 2.75) is 43.9 Å². The number of aliphatic carboxylic acids is 1. The van der Waals surface area contributed by atoms with E-state index in [1.54, 1.807) is 18.5 Å². The van der Waals surface area contributed by atoms with E-state index in [1.807, 2.05) is 0 Å². The average Bonchev–Trinajstić information content (AvgIpc) is 3.48. The van der Waals surface area contributed by atoms with E-state index < -0.39 is 55.3 Å². The lowest BCUT2D eigenvalue weighted by Crippen LogP contribution is -2.54. The summed E-state index contributed by atoms with van der Waals surface area (Å²) in [5.41, 5.74) is -0.519. The quantitative estimate of drug-likeness (QED) is 0.348. The zero-order valence-electron chi connectivity index (χ0n) is 22.1. The lowest BCUT2D eigenvalue weighted by atomic mass is 9.70. The van der Waals surface area contributed by atoms with E-state index >= 15 is 0 Å². The Morgan fingerprint density at radius 2 is 1.93 bits per heavy atom. The number of carboxylic acid groups (broad SMARTS) is 1. The number of piperidine rings is 1. The summed E-state index contributed by atoms with van der Waals surface area (Å²) in [4.78, 5) is 33.5. The van der Waals surface area contributed by atoms with Crippen LogP contribution in [-0.4, -0.2) is 66.0 Å². The third-order valence-corrected chi connectivity index (χ3v) is 11.4. The van der Waals surface area contributed by atoms with Crippen molar-refractivity contribution in [2.75, 3.05) is 20.2 Å². The number of carbonyl (C=O) groups is 2. The van der Waals surface area contributed by atoms with Gasteiger partial charge in [-0.25, -0.2) is 31.3 Å². The lowest BCUT2D eigenvalue weighted by molar-refractivity contribution is -0.152. The fourth-order valence-electron chi connectivity index (χ4n) is 5.59. The number of esters is 1. The van der Waals surface area contributed by atoms with Crippen LogP contribution in [0.2, 0.25) is 5.02 Å². The molecule has 1 saturated heterocycles. The summed E-state index contributed by atoms with van der Waals surface area (Å²) in [5.74, 6) is -4.24. The molecule has 2 aromatic rings. The van der Waals surface area contributed by atoms with Gasteiger partial charge >= 0.3 is 11.9 Å². The number of hydrogen-bond acceptors (Lipinski definition) is 9. The van der Waals surface area contributed by atoms with Crippen LogP contribution in [0.4, 0.5) is 8.78 Å². The van der Waals surface area contributed by atoms with E-state index in [2.05, 4.69) is 15.3 Å². The van der Waals surface area contributed by atoms with Gasteiger partial charge < -0.3 is 15.2 Å². The van der Waals surface area contributed by atoms with E-state index in [4.69, 9.17) is 16.3 Å². The first-order valence-corrected chi connectivity index (χ1v) is 15.6. The number of hydrogen-bond donors (Lipinski definition) is 2. The van der Waals surface area contributed by atoms with E-state index in [0.717, 1.165) is 6.07 Å². The first-order chi connectivity index (χ1) is 19.4. The third-order valence-electron chi connectivity index (χ3n) is 7.99. The van der Waals surface area contributed by atoms with Gasteiger partial charge in [0.05, 0.1) is 28.4 Å². The van der Waals surface area contributed by atoms with Crippen molar-refractivity contribution in [3.63, 3.8) is 0 Å². The van der Waals surface area contributed by atoms with E-state index in [9.17, 15) is 31.9 Å². The number of aromatic nitrogens is 1. The molecule has 15 heteroatoms. The van der Waals surface area contributed by atoms with Gasteiger partial charge in [-0.05, 0) is 38.7 Å². The minimum Gasteiger partial charge on any atom is -0.481 e. The molecular weight excluding hydrogens is 602 g/mol. The minimum absolute atomic E-state index is 0.0497. The van der Waals surface area contributed by atoms with E-state index in [1.165, 1.54) is 28.8 Å². The maximum absolute atomic E-state index is 14.5. The van der Waals surface area contributed by atoms with Gasteiger partial charge in [0.25, 0.3) is 0 Å². The van der Waals surface area contributed by atoms with Gasteiger partial charge in [-0.15, -0.1) is 11.3 Å². The molecule has 0 unspecified atom stereocenters. The van der Waals surface area contributed by atoms with Crippen molar-refractivity contribution in [2.24, 2.45) is 16.3 Å². The lowest BCUT2D eigenvalue weighted by Gasteiger charge is -2.44. The second-order valence-electron chi connectivity index (χ2n) is 10.5. The number of sulfonamides is 1. The molecule has 0 spiro atoms. The Bertz CT molecular complexity index is 1550. The molecule has 1 aliphatic carbocycles. The molecule has 5 rings (SSSR count). The molecule has 41 heavy (non-hydrogen) atoms. The van der Waals surface area contributed by atoms with Crippen LogP contribution in [0.3, 0.4) is 0 Å². The number of thiazole rings is 1. The Morgan fingerprint density at radius 1 is 1.24 bits per heavy atom. The molecular formula is C26H27ClF2N4O6S2. The Kier molecular flexibility index (Phi) is 7.96. The molecule has 2 N–H and O–H groups in total. The zero-order chi connectivity index (χ0) is 29.7. The predicted molar refractivity (Wildman–Crippen MR) is 147 cm³/mol. The molecule has 2 aliphatic heterocycles. The molecule has 1 aromatic carbocycles. The highest BCUT2D eigenvalue weighted by molar-refractivity contribution is 7.89. The van der Waals surface area contributed by atoms with Crippen LogP contribution in [-0.2, 0) is 24.3 Å². The predicted octanol–water partition coefficient (Wildman–Crippen LogP) is 3.89. The number of halogens is 3. The Balaban J connectivity index is 1.47. The second kappa shape index (κ2) is 11.0. The Hall–Kier alpha value is -2.94. The Morgan fingerprint density at radius 3 is 2.51 bits per heavy atom. The van der Waals surface area contributed by atoms with Gasteiger partial charge in [0, 0.05) is 41.8 Å². The zero-order valence-corrected chi connectivity index (χ0v) is 24.5. The van der Waals surface area contributed by atoms with Crippen LogP contribution in [0.25, 0.3) is 0 Å². The molecule has 3 heterocycles. The second-order valence-corrected chi connectivity index (χ2v) is 14.0. The summed E-state index contributed by atoms with van der Waals surface area (Å²) in [6, 6.07) is 1.02. The Labute approximate surface area is 244 Å². The number of allylic oxidation sites excluding steroid dienone is 1. The number of nitrogens with zero attached hydrogens (tertiary/aromatic N) is 3. The van der Waals surface area contributed by atoms with Crippen LogP contribution < -0.4 is 5.32 Å². The molecule has 3 aliphatic rings. The highest BCUT2D eigenvalue weighted by Gasteiger charge is 2.53. The van der Waals surface area contributed by atoms with Crippen molar-refractivity contribution in [3.8, 4) is 0 Å². The summed E-state index contributed by atoms with van der Waals surface area (Å²) >= 11 is 7.49. The third kappa shape index (κ3) is 5.26. The molecule has 0 radical (unpaired) electrons. The SMILES string of the molecule is COC(=O)C1=C(C2CCN(S(=O)(=O)[C@H]3C[C@](C)(C(=O)O)C3)CC2)NC(c2nccs2)=N[C@@H]1c1ccc(F)c(F)c1Cl. The molecule has 220 valence electrons. The molecule has 0 amide bonds. The number of nitrogens with one attached hydrogen (secondary N) is 1. The van der Waals surface area contributed by atoms with Gasteiger partial charge in [-0.2, -0.15) is 0 Å². The maximum Gasteiger partial charge on any atom is 0.338 e. The fraction of sp³-hybridized carbons (Fsp3) is 0.462. The summed E-state index contributed by atoms with van der Waals surface area (Å²) in [5, 5.41) is 13.5. The monoisotopic (exact) mass is 628 g/mol. The summed E-state index contributed by atoms with van der Waals surface area (Å²) < 4.78 is 61.4. The molecule has 1 atom stereocenters. The highest BCUT2D eigenvalue weighted by Crippen LogP contribution is 2.46. The number of rotatable bonds is 7. The minimum atomic E-state index is -3.72. The topological polar surface area (TPSA) is 138 Å². The first kappa shape index (κ1) is 29.5.